The van der Waals surface area contributed by atoms with Crippen LogP contribution in [0.2, 0.25) is 0 Å². The first-order valence-electron chi connectivity index (χ1n) is 6.47. The topological polar surface area (TPSA) is 9.23 Å². The first-order chi connectivity index (χ1) is 8.69. The maximum Gasteiger partial charge on any atom is 0.122 e. The number of hydrogen-bond donors (Lipinski definition) is 0. The van der Waals surface area contributed by atoms with E-state index in [1.54, 1.807) is 0 Å². The normalized spacial score (nSPS) is 10.4. The highest BCUT2D eigenvalue weighted by Gasteiger charge is 2.00. The van der Waals surface area contributed by atoms with Crippen LogP contribution in [0, 0.1) is 13.8 Å². The monoisotopic (exact) mass is 240 g/mol. The Morgan fingerprint density at radius 3 is 2.22 bits per heavy atom. The Kier molecular flexibility index (Phi) is 4.03. The molecule has 0 saturated carbocycles. The van der Waals surface area contributed by atoms with Gasteiger partial charge in [0.2, 0.25) is 0 Å². The smallest absolute Gasteiger partial charge is 0.122 e. The highest BCUT2D eigenvalue weighted by atomic mass is 16.5. The van der Waals surface area contributed by atoms with E-state index in [9.17, 15) is 0 Å². The third-order valence-corrected chi connectivity index (χ3v) is 3.17. The van der Waals surface area contributed by atoms with Gasteiger partial charge < -0.3 is 4.74 Å². The van der Waals surface area contributed by atoms with E-state index in [2.05, 4.69) is 63.2 Å². The molecule has 0 atom stereocenters. The van der Waals surface area contributed by atoms with Crippen molar-refractivity contribution in [2.75, 3.05) is 0 Å². The zero-order chi connectivity index (χ0) is 13.0. The molecule has 0 aliphatic rings. The zero-order valence-corrected chi connectivity index (χ0v) is 11.4. The molecule has 0 amide bonds. The summed E-state index contributed by atoms with van der Waals surface area (Å²) >= 11 is 0. The van der Waals surface area contributed by atoms with Crippen LogP contribution in [0.5, 0.6) is 5.75 Å². The van der Waals surface area contributed by atoms with Crippen LogP contribution in [-0.2, 0) is 13.0 Å². The van der Waals surface area contributed by atoms with Crippen LogP contribution in [-0.4, -0.2) is 0 Å². The fourth-order valence-corrected chi connectivity index (χ4v) is 1.90. The Balaban J connectivity index is 2.04. The Morgan fingerprint density at radius 2 is 1.56 bits per heavy atom. The van der Waals surface area contributed by atoms with E-state index in [-0.39, 0.29) is 0 Å². The summed E-state index contributed by atoms with van der Waals surface area (Å²) in [6.45, 7) is 6.97. The molecule has 0 spiro atoms. The van der Waals surface area contributed by atoms with E-state index in [0.29, 0.717) is 6.61 Å². The average molecular weight is 240 g/mol. The van der Waals surface area contributed by atoms with Gasteiger partial charge in [0, 0.05) is 0 Å². The van der Waals surface area contributed by atoms with Crippen molar-refractivity contribution < 1.29 is 4.74 Å². The van der Waals surface area contributed by atoms with Gasteiger partial charge in [-0.1, -0.05) is 43.3 Å². The molecule has 2 aromatic carbocycles. The molecule has 94 valence electrons. The van der Waals surface area contributed by atoms with Gasteiger partial charge in [0.1, 0.15) is 12.4 Å². The minimum atomic E-state index is 0.633. The lowest BCUT2D eigenvalue weighted by Gasteiger charge is -2.10. The fourth-order valence-electron chi connectivity index (χ4n) is 1.90. The third-order valence-electron chi connectivity index (χ3n) is 3.17. The lowest BCUT2D eigenvalue weighted by atomic mass is 10.1. The lowest BCUT2D eigenvalue weighted by Crippen LogP contribution is -1.97. The molecule has 0 N–H and O–H groups in total. The van der Waals surface area contributed by atoms with Crippen LogP contribution < -0.4 is 4.74 Å². The molecule has 0 saturated heterocycles. The van der Waals surface area contributed by atoms with Gasteiger partial charge in [-0.2, -0.15) is 0 Å². The van der Waals surface area contributed by atoms with Crippen LogP contribution >= 0.6 is 0 Å². The second-order valence-electron chi connectivity index (χ2n) is 4.73. The van der Waals surface area contributed by atoms with E-state index in [0.717, 1.165) is 12.2 Å². The zero-order valence-electron chi connectivity index (χ0n) is 11.4. The van der Waals surface area contributed by atoms with Gasteiger partial charge in [-0.15, -0.1) is 0 Å². The summed E-state index contributed by atoms with van der Waals surface area (Å²) in [6.07, 6.45) is 1.08. The van der Waals surface area contributed by atoms with E-state index < -0.39 is 0 Å². The summed E-state index contributed by atoms with van der Waals surface area (Å²) in [5, 5.41) is 0. The van der Waals surface area contributed by atoms with Crippen molar-refractivity contribution in [3.8, 4) is 5.75 Å². The highest BCUT2D eigenvalue weighted by molar-refractivity contribution is 5.36. The molecule has 1 nitrogen and oxygen atoms in total. The summed E-state index contributed by atoms with van der Waals surface area (Å²) < 4.78 is 5.88. The average Bonchev–Trinajstić information content (AvgIpc) is 2.40. The molecule has 18 heavy (non-hydrogen) atoms. The predicted molar refractivity (Wildman–Crippen MR) is 76.1 cm³/mol. The fraction of sp³-hybridized carbons (Fsp3) is 0.294. The molecule has 0 radical (unpaired) electrons. The van der Waals surface area contributed by atoms with Crippen LogP contribution in [0.15, 0.2) is 42.5 Å². The summed E-state index contributed by atoms with van der Waals surface area (Å²) in [5.41, 5.74) is 5.00. The van der Waals surface area contributed by atoms with E-state index in [4.69, 9.17) is 4.74 Å². The maximum absolute atomic E-state index is 5.88. The minimum absolute atomic E-state index is 0.633. The van der Waals surface area contributed by atoms with Gasteiger partial charge in [-0.05, 0) is 48.6 Å². The summed E-state index contributed by atoms with van der Waals surface area (Å²) in [7, 11) is 0. The van der Waals surface area contributed by atoms with Crippen molar-refractivity contribution in [2.24, 2.45) is 0 Å². The molecule has 0 bridgehead atoms. The summed E-state index contributed by atoms with van der Waals surface area (Å²) in [4.78, 5) is 0. The molecule has 0 fully saturated rings. The van der Waals surface area contributed by atoms with E-state index in [1.165, 1.54) is 22.3 Å². The Bertz CT molecular complexity index is 512. The standard InChI is InChI=1S/C17H20O/c1-4-15-7-9-16(10-8-15)12-18-17-11-13(2)5-6-14(17)3/h5-11H,4,12H2,1-3H3. The number of ether oxygens (including phenoxy) is 1. The minimum Gasteiger partial charge on any atom is -0.489 e. The predicted octanol–water partition coefficient (Wildman–Crippen LogP) is 4.44. The molecule has 0 unspecified atom stereocenters. The third kappa shape index (κ3) is 3.13. The summed E-state index contributed by atoms with van der Waals surface area (Å²) in [6, 6.07) is 14.9. The highest BCUT2D eigenvalue weighted by Crippen LogP contribution is 2.20. The van der Waals surface area contributed by atoms with Gasteiger partial charge in [0.25, 0.3) is 0 Å². The molecule has 2 rings (SSSR count). The second kappa shape index (κ2) is 5.72. The van der Waals surface area contributed by atoms with E-state index in [1.807, 2.05) is 0 Å². The number of rotatable bonds is 4. The number of benzene rings is 2. The van der Waals surface area contributed by atoms with Crippen LogP contribution in [0.25, 0.3) is 0 Å². The summed E-state index contributed by atoms with van der Waals surface area (Å²) in [5.74, 6) is 0.981. The molecule has 0 heterocycles. The molecule has 0 aliphatic heterocycles. The largest absolute Gasteiger partial charge is 0.489 e. The molecular weight excluding hydrogens is 220 g/mol. The van der Waals surface area contributed by atoms with E-state index >= 15 is 0 Å². The molecule has 1 heteroatoms. The van der Waals surface area contributed by atoms with Crippen LogP contribution in [0.3, 0.4) is 0 Å². The molecule has 0 aromatic heterocycles. The van der Waals surface area contributed by atoms with Gasteiger partial charge >= 0.3 is 0 Å². The van der Waals surface area contributed by atoms with Crippen molar-refractivity contribution in [1.82, 2.24) is 0 Å². The Hall–Kier alpha value is -1.76. The SMILES string of the molecule is CCc1ccc(COc2cc(C)ccc2C)cc1. The second-order valence-corrected chi connectivity index (χ2v) is 4.73. The molecule has 2 aromatic rings. The Labute approximate surface area is 109 Å². The van der Waals surface area contributed by atoms with Crippen LogP contribution in [0.4, 0.5) is 0 Å². The van der Waals surface area contributed by atoms with Crippen molar-refractivity contribution in [3.05, 3.63) is 64.7 Å². The molecule has 0 aliphatic carbocycles. The van der Waals surface area contributed by atoms with Crippen molar-refractivity contribution in [2.45, 2.75) is 33.8 Å². The van der Waals surface area contributed by atoms with Crippen molar-refractivity contribution >= 4 is 0 Å². The van der Waals surface area contributed by atoms with Gasteiger partial charge in [-0.3, -0.25) is 0 Å². The number of aryl methyl sites for hydroxylation is 3. The van der Waals surface area contributed by atoms with Crippen LogP contribution in [0.1, 0.15) is 29.2 Å². The first kappa shape index (κ1) is 12.7. The van der Waals surface area contributed by atoms with Gasteiger partial charge in [0.05, 0.1) is 0 Å². The van der Waals surface area contributed by atoms with Crippen molar-refractivity contribution in [1.29, 1.82) is 0 Å². The van der Waals surface area contributed by atoms with Gasteiger partial charge in [-0.25, -0.2) is 0 Å². The van der Waals surface area contributed by atoms with Crippen molar-refractivity contribution in [3.63, 3.8) is 0 Å². The number of hydrogen-bond acceptors (Lipinski definition) is 1. The quantitative estimate of drug-likeness (QED) is 0.767. The lowest BCUT2D eigenvalue weighted by molar-refractivity contribution is 0.304. The maximum atomic E-state index is 5.88. The van der Waals surface area contributed by atoms with Gasteiger partial charge in [0.15, 0.2) is 0 Å². The molecular formula is C17H20O. The first-order valence-corrected chi connectivity index (χ1v) is 6.47. The Morgan fingerprint density at radius 1 is 0.889 bits per heavy atom.